The average Bonchev–Trinajstić information content (AvgIpc) is 3.45. The number of hydrogen-bond acceptors (Lipinski definition) is 8. The Morgan fingerprint density at radius 1 is 1.09 bits per heavy atom. The zero-order valence-corrected chi connectivity index (χ0v) is 20.9. The van der Waals surface area contributed by atoms with Crippen LogP contribution in [0.15, 0.2) is 52.3 Å². The SMILES string of the molecule is COc1cccc(/C=C2\SC(=O)N(CC(=O)N3CCCC3)C2=O)c1OS(=O)(=O)c1ccc(C)cc1. The Balaban J connectivity index is 1.62. The van der Waals surface area contributed by atoms with E-state index in [4.69, 9.17) is 8.92 Å². The number of imide groups is 1. The maximum absolute atomic E-state index is 12.9. The molecule has 0 aliphatic carbocycles. The van der Waals surface area contributed by atoms with Crippen LogP contribution in [-0.4, -0.2) is 62.0 Å². The number of aryl methyl sites for hydroxylation is 1. The number of methoxy groups -OCH3 is 1. The summed E-state index contributed by atoms with van der Waals surface area (Å²) in [5.74, 6) is -0.878. The summed E-state index contributed by atoms with van der Waals surface area (Å²) in [6.45, 7) is 2.74. The third-order valence-electron chi connectivity index (χ3n) is 5.64. The Morgan fingerprint density at radius 2 is 1.77 bits per heavy atom. The predicted molar refractivity (Wildman–Crippen MR) is 130 cm³/mol. The standard InChI is InChI=1S/C24H24N2O7S2/c1-16-8-10-18(11-9-16)35(30,31)33-22-17(6-5-7-19(22)32-2)14-20-23(28)26(24(29)34-20)15-21(27)25-12-3-4-13-25/h5-11,14H,3-4,12-13,15H2,1-2H3/b20-14-. The Labute approximate surface area is 207 Å². The maximum Gasteiger partial charge on any atom is 0.339 e. The summed E-state index contributed by atoms with van der Waals surface area (Å²) in [7, 11) is -2.84. The predicted octanol–water partition coefficient (Wildman–Crippen LogP) is 3.43. The van der Waals surface area contributed by atoms with Gasteiger partial charge in [0.25, 0.3) is 11.1 Å². The number of carbonyl (C=O) groups excluding carboxylic acids is 3. The fourth-order valence-electron chi connectivity index (χ4n) is 3.74. The van der Waals surface area contributed by atoms with Gasteiger partial charge in [-0.15, -0.1) is 0 Å². The lowest BCUT2D eigenvalue weighted by Gasteiger charge is -2.18. The lowest BCUT2D eigenvalue weighted by molar-refractivity contribution is -0.135. The normalized spacial score (nSPS) is 17.4. The number of amides is 3. The van der Waals surface area contributed by atoms with Crippen molar-refractivity contribution in [3.05, 3.63) is 58.5 Å². The molecule has 0 spiro atoms. The quantitative estimate of drug-likeness (QED) is 0.407. The number of rotatable bonds is 7. The fraction of sp³-hybridized carbons (Fsp3) is 0.292. The van der Waals surface area contributed by atoms with E-state index in [1.807, 2.05) is 6.92 Å². The van der Waals surface area contributed by atoms with E-state index in [1.165, 1.54) is 31.4 Å². The summed E-state index contributed by atoms with van der Waals surface area (Å²) in [5, 5.41) is -0.563. The van der Waals surface area contributed by atoms with Crippen LogP contribution in [0.4, 0.5) is 4.79 Å². The Bertz CT molecular complexity index is 1300. The summed E-state index contributed by atoms with van der Waals surface area (Å²) in [5.41, 5.74) is 1.12. The van der Waals surface area contributed by atoms with Gasteiger partial charge in [-0.3, -0.25) is 19.3 Å². The molecule has 35 heavy (non-hydrogen) atoms. The molecule has 0 N–H and O–H groups in total. The molecule has 9 nitrogen and oxygen atoms in total. The van der Waals surface area contributed by atoms with Crippen LogP contribution in [0.3, 0.4) is 0 Å². The highest BCUT2D eigenvalue weighted by Gasteiger charge is 2.37. The maximum atomic E-state index is 12.9. The number of benzene rings is 2. The van der Waals surface area contributed by atoms with Gasteiger partial charge in [0.05, 0.1) is 12.0 Å². The minimum absolute atomic E-state index is 0.0410. The van der Waals surface area contributed by atoms with Crippen LogP contribution in [0.1, 0.15) is 24.0 Å². The molecule has 0 radical (unpaired) electrons. The molecule has 0 saturated carbocycles. The van der Waals surface area contributed by atoms with Gasteiger partial charge >= 0.3 is 10.1 Å². The summed E-state index contributed by atoms with van der Waals surface area (Å²) in [6, 6.07) is 10.9. The molecule has 2 aromatic rings. The molecule has 2 aliphatic rings. The average molecular weight is 517 g/mol. The highest BCUT2D eigenvalue weighted by Crippen LogP contribution is 2.38. The van der Waals surface area contributed by atoms with Crippen LogP contribution < -0.4 is 8.92 Å². The van der Waals surface area contributed by atoms with Crippen molar-refractivity contribution in [2.45, 2.75) is 24.7 Å². The molecule has 2 fully saturated rings. The first-order valence-corrected chi connectivity index (χ1v) is 13.1. The third kappa shape index (κ3) is 5.35. The summed E-state index contributed by atoms with van der Waals surface area (Å²) in [6.07, 6.45) is 3.17. The highest BCUT2D eigenvalue weighted by atomic mass is 32.2. The molecule has 0 aromatic heterocycles. The molecule has 3 amide bonds. The number of thioether (sulfide) groups is 1. The zero-order valence-electron chi connectivity index (χ0n) is 19.2. The van der Waals surface area contributed by atoms with Gasteiger partial charge in [-0.25, -0.2) is 0 Å². The lowest BCUT2D eigenvalue weighted by atomic mass is 10.1. The summed E-state index contributed by atoms with van der Waals surface area (Å²) < 4.78 is 36.5. The highest BCUT2D eigenvalue weighted by molar-refractivity contribution is 8.18. The second-order valence-electron chi connectivity index (χ2n) is 8.08. The molecule has 184 valence electrons. The van der Waals surface area contributed by atoms with Crippen LogP contribution in [0, 0.1) is 6.92 Å². The third-order valence-corrected chi connectivity index (χ3v) is 7.79. The molecule has 11 heteroatoms. The van der Waals surface area contributed by atoms with Crippen molar-refractivity contribution < 1.29 is 31.7 Å². The Morgan fingerprint density at radius 3 is 2.43 bits per heavy atom. The number of ether oxygens (including phenoxy) is 1. The van der Waals surface area contributed by atoms with E-state index in [0.29, 0.717) is 24.9 Å². The van der Waals surface area contributed by atoms with Crippen LogP contribution in [0.2, 0.25) is 0 Å². The Kier molecular flexibility index (Phi) is 7.18. The van der Waals surface area contributed by atoms with E-state index in [9.17, 15) is 22.8 Å². The van der Waals surface area contributed by atoms with Crippen molar-refractivity contribution in [3.63, 3.8) is 0 Å². The van der Waals surface area contributed by atoms with Crippen molar-refractivity contribution in [2.75, 3.05) is 26.7 Å². The number of carbonyl (C=O) groups is 3. The molecule has 0 atom stereocenters. The molecule has 2 aromatic carbocycles. The molecule has 2 heterocycles. The summed E-state index contributed by atoms with van der Waals surface area (Å²) in [4.78, 5) is 40.4. The van der Waals surface area contributed by atoms with Crippen LogP contribution in [0.25, 0.3) is 6.08 Å². The van der Waals surface area contributed by atoms with E-state index < -0.39 is 21.3 Å². The van der Waals surface area contributed by atoms with E-state index >= 15 is 0 Å². The van der Waals surface area contributed by atoms with Crippen molar-refractivity contribution in [1.82, 2.24) is 9.80 Å². The first-order valence-electron chi connectivity index (χ1n) is 10.9. The molecular weight excluding hydrogens is 492 g/mol. The van der Waals surface area contributed by atoms with Gasteiger partial charge in [0.1, 0.15) is 11.4 Å². The first kappa shape index (κ1) is 24.8. The minimum atomic E-state index is -4.21. The van der Waals surface area contributed by atoms with E-state index in [-0.39, 0.29) is 39.3 Å². The number of nitrogens with zero attached hydrogens (tertiary/aromatic N) is 2. The second-order valence-corrected chi connectivity index (χ2v) is 10.6. The van der Waals surface area contributed by atoms with E-state index in [2.05, 4.69) is 0 Å². The van der Waals surface area contributed by atoms with E-state index in [1.54, 1.807) is 29.2 Å². The van der Waals surface area contributed by atoms with Crippen molar-refractivity contribution in [1.29, 1.82) is 0 Å². The Hall–Kier alpha value is -3.31. The van der Waals surface area contributed by atoms with Crippen LogP contribution >= 0.6 is 11.8 Å². The monoisotopic (exact) mass is 516 g/mol. The number of likely N-dealkylation sites (tertiary alicyclic amines) is 1. The summed E-state index contributed by atoms with van der Waals surface area (Å²) >= 11 is 0.681. The van der Waals surface area contributed by atoms with Crippen molar-refractivity contribution in [3.8, 4) is 11.5 Å². The van der Waals surface area contributed by atoms with Crippen LogP contribution in [0.5, 0.6) is 11.5 Å². The fourth-order valence-corrected chi connectivity index (χ4v) is 5.53. The molecule has 2 aliphatic heterocycles. The molecule has 0 bridgehead atoms. The van der Waals surface area contributed by atoms with Gasteiger partial charge in [0, 0.05) is 18.7 Å². The molecule has 2 saturated heterocycles. The van der Waals surface area contributed by atoms with Gasteiger partial charge in [-0.2, -0.15) is 8.42 Å². The lowest BCUT2D eigenvalue weighted by Crippen LogP contribution is -2.40. The second kappa shape index (κ2) is 10.1. The molecule has 4 rings (SSSR count). The smallest absolute Gasteiger partial charge is 0.339 e. The topological polar surface area (TPSA) is 110 Å². The minimum Gasteiger partial charge on any atom is -0.493 e. The molecular formula is C24H24N2O7S2. The van der Waals surface area contributed by atoms with Gasteiger partial charge in [0.2, 0.25) is 5.91 Å². The van der Waals surface area contributed by atoms with Crippen molar-refractivity contribution >= 4 is 45.0 Å². The first-order chi connectivity index (χ1) is 16.7. The largest absolute Gasteiger partial charge is 0.493 e. The zero-order chi connectivity index (χ0) is 25.2. The van der Waals surface area contributed by atoms with Gasteiger partial charge in [0.15, 0.2) is 11.5 Å². The number of hydrogen-bond donors (Lipinski definition) is 0. The van der Waals surface area contributed by atoms with Gasteiger partial charge < -0.3 is 13.8 Å². The molecule has 0 unspecified atom stereocenters. The number of para-hydroxylation sites is 1. The van der Waals surface area contributed by atoms with Gasteiger partial charge in [-0.05, 0) is 55.8 Å². The van der Waals surface area contributed by atoms with Crippen LogP contribution in [-0.2, 0) is 19.7 Å². The van der Waals surface area contributed by atoms with E-state index in [0.717, 1.165) is 23.3 Å². The van der Waals surface area contributed by atoms with Gasteiger partial charge in [-0.1, -0.05) is 29.8 Å². The van der Waals surface area contributed by atoms with Crippen molar-refractivity contribution in [2.24, 2.45) is 0 Å².